The van der Waals surface area contributed by atoms with Crippen molar-refractivity contribution in [2.45, 2.75) is 6.54 Å². The van der Waals surface area contributed by atoms with Gasteiger partial charge in [0, 0.05) is 36.0 Å². The molecule has 0 heterocycles. The van der Waals surface area contributed by atoms with Crippen molar-refractivity contribution in [1.29, 1.82) is 5.41 Å². The fourth-order valence-electron chi connectivity index (χ4n) is 1.98. The lowest BCUT2D eigenvalue weighted by Crippen LogP contribution is -2.20. The molecule has 0 aromatic heterocycles. The number of ether oxygens (including phenoxy) is 2. The van der Waals surface area contributed by atoms with Gasteiger partial charge in [0.15, 0.2) is 0 Å². The normalized spacial score (nSPS) is 10.3. The molecule has 0 unspecified atom stereocenters. The Hall–Kier alpha value is -2.04. The van der Waals surface area contributed by atoms with Gasteiger partial charge in [-0.25, -0.2) is 0 Å². The molecule has 0 bridgehead atoms. The molecule has 4 nitrogen and oxygen atoms in total. The molecule has 0 aliphatic heterocycles. The van der Waals surface area contributed by atoms with Crippen molar-refractivity contribution in [3.8, 4) is 11.5 Å². The molecule has 0 atom stereocenters. The van der Waals surface area contributed by atoms with Crippen LogP contribution in [-0.4, -0.2) is 26.5 Å². The second kappa shape index (κ2) is 8.41. The second-order valence-electron chi connectivity index (χ2n) is 4.70. The van der Waals surface area contributed by atoms with Crippen molar-refractivity contribution in [2.75, 3.05) is 20.3 Å². The SMILES string of the molecule is COc1cc(OCCNCc2ccc(Cl)cc2)ccc1C=N. The zero-order valence-corrected chi connectivity index (χ0v) is 13.2. The number of hydrogen-bond donors (Lipinski definition) is 2. The molecule has 2 aromatic rings. The van der Waals surface area contributed by atoms with Gasteiger partial charge in [0.25, 0.3) is 0 Å². The number of halogens is 1. The molecule has 0 aliphatic rings. The second-order valence-corrected chi connectivity index (χ2v) is 5.14. The van der Waals surface area contributed by atoms with E-state index in [0.717, 1.165) is 29.4 Å². The van der Waals surface area contributed by atoms with E-state index in [1.54, 1.807) is 13.2 Å². The Balaban J connectivity index is 1.74. The third kappa shape index (κ3) is 4.76. The highest BCUT2D eigenvalue weighted by Gasteiger charge is 2.02. The first-order chi connectivity index (χ1) is 10.7. The number of nitrogens with one attached hydrogen (secondary N) is 2. The largest absolute Gasteiger partial charge is 0.496 e. The Kier molecular flexibility index (Phi) is 6.25. The maximum absolute atomic E-state index is 7.28. The highest BCUT2D eigenvalue weighted by molar-refractivity contribution is 6.30. The first-order valence-electron chi connectivity index (χ1n) is 6.99. The molecule has 0 saturated heterocycles. The van der Waals surface area contributed by atoms with Gasteiger partial charge in [-0.1, -0.05) is 23.7 Å². The van der Waals surface area contributed by atoms with Gasteiger partial charge >= 0.3 is 0 Å². The van der Waals surface area contributed by atoms with Crippen LogP contribution in [0.3, 0.4) is 0 Å². The molecule has 0 aliphatic carbocycles. The van der Waals surface area contributed by atoms with Crippen LogP contribution in [0.2, 0.25) is 5.02 Å². The molecule has 0 spiro atoms. The summed E-state index contributed by atoms with van der Waals surface area (Å²) in [4.78, 5) is 0. The van der Waals surface area contributed by atoms with Gasteiger partial charge in [0.1, 0.15) is 18.1 Å². The van der Waals surface area contributed by atoms with E-state index in [1.165, 1.54) is 11.8 Å². The minimum atomic E-state index is 0.556. The van der Waals surface area contributed by atoms with Crippen molar-refractivity contribution in [2.24, 2.45) is 0 Å². The number of hydrogen-bond acceptors (Lipinski definition) is 4. The summed E-state index contributed by atoms with van der Waals surface area (Å²) < 4.78 is 10.9. The van der Waals surface area contributed by atoms with Crippen LogP contribution in [0.5, 0.6) is 11.5 Å². The summed E-state index contributed by atoms with van der Waals surface area (Å²) in [6.45, 7) is 2.06. The molecule has 0 fully saturated rings. The zero-order chi connectivity index (χ0) is 15.8. The molecule has 116 valence electrons. The minimum absolute atomic E-state index is 0.556. The quantitative estimate of drug-likeness (QED) is 0.578. The Bertz CT molecular complexity index is 615. The van der Waals surface area contributed by atoms with E-state index in [-0.39, 0.29) is 0 Å². The first-order valence-corrected chi connectivity index (χ1v) is 7.37. The van der Waals surface area contributed by atoms with Crippen molar-refractivity contribution >= 4 is 17.8 Å². The number of methoxy groups -OCH3 is 1. The van der Waals surface area contributed by atoms with Gasteiger partial charge in [-0.3, -0.25) is 0 Å². The first kappa shape index (κ1) is 16.3. The van der Waals surface area contributed by atoms with Crippen LogP contribution in [0.25, 0.3) is 0 Å². The van der Waals surface area contributed by atoms with Gasteiger partial charge in [0.05, 0.1) is 7.11 Å². The monoisotopic (exact) mass is 318 g/mol. The Morgan fingerprint density at radius 2 is 1.95 bits per heavy atom. The van der Waals surface area contributed by atoms with Gasteiger partial charge in [-0.2, -0.15) is 0 Å². The fourth-order valence-corrected chi connectivity index (χ4v) is 2.10. The van der Waals surface area contributed by atoms with Crippen LogP contribution in [0, 0.1) is 5.41 Å². The van der Waals surface area contributed by atoms with E-state index in [9.17, 15) is 0 Å². The predicted octanol–water partition coefficient (Wildman–Crippen LogP) is 3.51. The van der Waals surface area contributed by atoms with E-state index in [0.29, 0.717) is 12.4 Å². The average molecular weight is 319 g/mol. The van der Waals surface area contributed by atoms with Crippen molar-refractivity contribution in [3.63, 3.8) is 0 Å². The molecule has 0 saturated carbocycles. The molecule has 5 heteroatoms. The van der Waals surface area contributed by atoms with Crippen molar-refractivity contribution < 1.29 is 9.47 Å². The molecule has 0 amide bonds. The van der Waals surface area contributed by atoms with E-state index < -0.39 is 0 Å². The lowest BCUT2D eigenvalue weighted by molar-refractivity contribution is 0.311. The molecule has 0 radical (unpaired) electrons. The Morgan fingerprint density at radius 1 is 1.18 bits per heavy atom. The summed E-state index contributed by atoms with van der Waals surface area (Å²) in [6.07, 6.45) is 1.26. The molecule has 2 N–H and O–H groups in total. The topological polar surface area (TPSA) is 54.3 Å². The van der Waals surface area contributed by atoms with Crippen LogP contribution < -0.4 is 14.8 Å². The van der Waals surface area contributed by atoms with Crippen LogP contribution in [-0.2, 0) is 6.54 Å². The average Bonchev–Trinajstić information content (AvgIpc) is 2.56. The summed E-state index contributed by atoms with van der Waals surface area (Å²) in [5.41, 5.74) is 1.91. The molecular weight excluding hydrogens is 300 g/mol. The number of rotatable bonds is 8. The van der Waals surface area contributed by atoms with Gasteiger partial charge in [0.2, 0.25) is 0 Å². The van der Waals surface area contributed by atoms with E-state index >= 15 is 0 Å². The highest BCUT2D eigenvalue weighted by Crippen LogP contribution is 2.23. The summed E-state index contributed by atoms with van der Waals surface area (Å²) in [6, 6.07) is 13.2. The van der Waals surface area contributed by atoms with Crippen molar-refractivity contribution in [1.82, 2.24) is 5.32 Å². The van der Waals surface area contributed by atoms with Crippen molar-refractivity contribution in [3.05, 3.63) is 58.6 Å². The fraction of sp³-hybridized carbons (Fsp3) is 0.235. The van der Waals surface area contributed by atoms with Crippen LogP contribution in [0.1, 0.15) is 11.1 Å². The summed E-state index contributed by atoms with van der Waals surface area (Å²) >= 11 is 5.84. The third-order valence-electron chi connectivity index (χ3n) is 3.15. The highest BCUT2D eigenvalue weighted by atomic mass is 35.5. The lowest BCUT2D eigenvalue weighted by atomic mass is 10.2. The molecule has 2 aromatic carbocycles. The standard InChI is InChI=1S/C17H19ClN2O2/c1-21-17-10-16(7-4-14(17)11-19)22-9-8-20-12-13-2-5-15(18)6-3-13/h2-7,10-11,19-20H,8-9,12H2,1H3. The zero-order valence-electron chi connectivity index (χ0n) is 12.4. The van der Waals surface area contributed by atoms with Gasteiger partial charge in [-0.05, 0) is 29.8 Å². The van der Waals surface area contributed by atoms with Gasteiger partial charge in [-0.15, -0.1) is 0 Å². The maximum Gasteiger partial charge on any atom is 0.131 e. The minimum Gasteiger partial charge on any atom is -0.496 e. The van der Waals surface area contributed by atoms with E-state index in [1.807, 2.05) is 36.4 Å². The third-order valence-corrected chi connectivity index (χ3v) is 3.40. The summed E-state index contributed by atoms with van der Waals surface area (Å²) in [5.74, 6) is 1.37. The lowest BCUT2D eigenvalue weighted by Gasteiger charge is -2.10. The number of benzene rings is 2. The summed E-state index contributed by atoms with van der Waals surface area (Å²) in [5, 5.41) is 11.3. The summed E-state index contributed by atoms with van der Waals surface area (Å²) in [7, 11) is 1.58. The van der Waals surface area contributed by atoms with E-state index in [4.69, 9.17) is 26.5 Å². The van der Waals surface area contributed by atoms with Crippen LogP contribution in [0.4, 0.5) is 0 Å². The Morgan fingerprint density at radius 3 is 2.64 bits per heavy atom. The Labute approximate surface area is 135 Å². The smallest absolute Gasteiger partial charge is 0.131 e. The van der Waals surface area contributed by atoms with Crippen LogP contribution in [0.15, 0.2) is 42.5 Å². The molecular formula is C17H19ClN2O2. The van der Waals surface area contributed by atoms with Gasteiger partial charge < -0.3 is 20.2 Å². The molecule has 2 rings (SSSR count). The van der Waals surface area contributed by atoms with Crippen LogP contribution >= 0.6 is 11.6 Å². The van der Waals surface area contributed by atoms with E-state index in [2.05, 4.69) is 5.32 Å². The maximum atomic E-state index is 7.28. The molecule has 22 heavy (non-hydrogen) atoms. The predicted molar refractivity (Wildman–Crippen MR) is 89.5 cm³/mol.